The third-order valence-electron chi connectivity index (χ3n) is 2.69. The second-order valence-corrected chi connectivity index (χ2v) is 4.20. The summed E-state index contributed by atoms with van der Waals surface area (Å²) < 4.78 is 0. The first-order valence-electron chi connectivity index (χ1n) is 6.63. The van der Waals surface area contributed by atoms with Crippen LogP contribution < -0.4 is 0 Å². The van der Waals surface area contributed by atoms with Crippen molar-refractivity contribution in [1.29, 1.82) is 0 Å². The van der Waals surface area contributed by atoms with Crippen molar-refractivity contribution in [3.8, 4) is 0 Å². The Kier molecular flexibility index (Phi) is 13.9. The molecule has 0 aliphatic rings. The van der Waals surface area contributed by atoms with Crippen LogP contribution in [-0.2, 0) is 14.6 Å². The van der Waals surface area contributed by atoms with E-state index in [1.165, 1.54) is 51.4 Å². The molecule has 0 amide bonds. The summed E-state index contributed by atoms with van der Waals surface area (Å²) in [5.41, 5.74) is 0. The summed E-state index contributed by atoms with van der Waals surface area (Å²) in [4.78, 5) is 18.5. The van der Waals surface area contributed by atoms with Crippen molar-refractivity contribution in [2.24, 2.45) is 0 Å². The average Bonchev–Trinajstić information content (AvgIpc) is 2.31. The quantitative estimate of drug-likeness (QED) is 0.207. The molecule has 0 heterocycles. The lowest BCUT2D eigenvalue weighted by atomic mass is 10.1. The SMILES string of the molecule is CCCCCCCCCCCCOOC=O. The average molecular weight is 230 g/mol. The maximum atomic E-state index is 9.74. The molecule has 0 atom stereocenters. The van der Waals surface area contributed by atoms with Gasteiger partial charge >= 0.3 is 6.47 Å². The number of hydrogen-bond acceptors (Lipinski definition) is 3. The number of rotatable bonds is 13. The minimum Gasteiger partial charge on any atom is -0.302 e. The van der Waals surface area contributed by atoms with Gasteiger partial charge in [0.2, 0.25) is 0 Å². The molecule has 0 N–H and O–H groups in total. The number of carbonyl (C=O) groups excluding carboxylic acids is 1. The van der Waals surface area contributed by atoms with Gasteiger partial charge in [-0.05, 0) is 6.42 Å². The van der Waals surface area contributed by atoms with Gasteiger partial charge in [-0.15, -0.1) is 0 Å². The van der Waals surface area contributed by atoms with Gasteiger partial charge in [0, 0.05) is 0 Å². The number of carbonyl (C=O) groups is 1. The van der Waals surface area contributed by atoms with E-state index in [2.05, 4.69) is 16.7 Å². The van der Waals surface area contributed by atoms with Crippen LogP contribution in [0.2, 0.25) is 0 Å². The summed E-state index contributed by atoms with van der Waals surface area (Å²) in [6.07, 6.45) is 13.0. The van der Waals surface area contributed by atoms with E-state index in [4.69, 9.17) is 0 Å². The molecule has 96 valence electrons. The highest BCUT2D eigenvalue weighted by Gasteiger charge is 1.93. The van der Waals surface area contributed by atoms with Gasteiger partial charge in [-0.3, -0.25) is 4.79 Å². The first-order chi connectivity index (χ1) is 7.91. The van der Waals surface area contributed by atoms with Gasteiger partial charge in [0.1, 0.15) is 0 Å². The second-order valence-electron chi connectivity index (χ2n) is 4.20. The first-order valence-corrected chi connectivity index (χ1v) is 6.63. The van der Waals surface area contributed by atoms with E-state index in [1.807, 2.05) is 0 Å². The Morgan fingerprint density at radius 1 is 0.812 bits per heavy atom. The molecule has 0 saturated heterocycles. The molecular formula is C13H26O3. The minimum absolute atomic E-state index is 0.316. The van der Waals surface area contributed by atoms with Crippen molar-refractivity contribution in [3.63, 3.8) is 0 Å². The molecule has 0 aromatic rings. The molecule has 0 rings (SSSR count). The number of unbranched alkanes of at least 4 members (excludes halogenated alkanes) is 9. The molecule has 0 fully saturated rings. The van der Waals surface area contributed by atoms with Crippen LogP contribution in [0.1, 0.15) is 71.1 Å². The van der Waals surface area contributed by atoms with Gasteiger partial charge in [0.15, 0.2) is 0 Å². The van der Waals surface area contributed by atoms with Crippen molar-refractivity contribution in [3.05, 3.63) is 0 Å². The van der Waals surface area contributed by atoms with E-state index in [0.717, 1.165) is 12.8 Å². The highest BCUT2D eigenvalue weighted by atomic mass is 17.2. The normalized spacial score (nSPS) is 10.3. The highest BCUT2D eigenvalue weighted by molar-refractivity contribution is 5.35. The van der Waals surface area contributed by atoms with E-state index in [9.17, 15) is 4.79 Å². The Bertz CT molecular complexity index is 137. The topological polar surface area (TPSA) is 35.5 Å². The van der Waals surface area contributed by atoms with E-state index in [-0.39, 0.29) is 0 Å². The zero-order valence-corrected chi connectivity index (χ0v) is 10.6. The van der Waals surface area contributed by atoms with Crippen molar-refractivity contribution < 1.29 is 14.6 Å². The monoisotopic (exact) mass is 230 g/mol. The van der Waals surface area contributed by atoms with Gasteiger partial charge in [-0.25, -0.2) is 0 Å². The van der Waals surface area contributed by atoms with Crippen LogP contribution in [0.25, 0.3) is 0 Å². The standard InChI is InChI=1S/C13H26O3/c1-2-3-4-5-6-7-8-9-10-11-12-15-16-13-14/h13H,2-12H2,1H3. The Hall–Kier alpha value is -0.570. The van der Waals surface area contributed by atoms with Crippen LogP contribution in [-0.4, -0.2) is 13.1 Å². The fraction of sp³-hybridized carbons (Fsp3) is 0.923. The molecule has 3 nitrogen and oxygen atoms in total. The Labute approximate surface area is 99.4 Å². The van der Waals surface area contributed by atoms with E-state index in [0.29, 0.717) is 13.1 Å². The molecular weight excluding hydrogens is 204 g/mol. The van der Waals surface area contributed by atoms with Gasteiger partial charge in [0.05, 0.1) is 6.61 Å². The lowest BCUT2D eigenvalue weighted by Crippen LogP contribution is -1.94. The molecule has 0 radical (unpaired) electrons. The Morgan fingerprint density at radius 3 is 1.81 bits per heavy atom. The van der Waals surface area contributed by atoms with Crippen LogP contribution >= 0.6 is 0 Å². The fourth-order valence-corrected chi connectivity index (χ4v) is 1.72. The zero-order valence-electron chi connectivity index (χ0n) is 10.6. The second kappa shape index (κ2) is 14.4. The van der Waals surface area contributed by atoms with Crippen LogP contribution in [0.4, 0.5) is 0 Å². The van der Waals surface area contributed by atoms with Crippen molar-refractivity contribution in [2.45, 2.75) is 71.1 Å². The maximum Gasteiger partial charge on any atom is 0.330 e. The third-order valence-corrected chi connectivity index (χ3v) is 2.69. The largest absolute Gasteiger partial charge is 0.330 e. The summed E-state index contributed by atoms with van der Waals surface area (Å²) in [5, 5.41) is 0. The highest BCUT2D eigenvalue weighted by Crippen LogP contribution is 2.10. The lowest BCUT2D eigenvalue weighted by Gasteiger charge is -2.01. The van der Waals surface area contributed by atoms with Gasteiger partial charge in [0.25, 0.3) is 0 Å². The van der Waals surface area contributed by atoms with Crippen LogP contribution in [0.3, 0.4) is 0 Å². The molecule has 3 heteroatoms. The molecule has 0 bridgehead atoms. The zero-order chi connectivity index (χ0) is 11.9. The maximum absolute atomic E-state index is 9.74. The molecule has 0 aromatic carbocycles. The van der Waals surface area contributed by atoms with E-state index in [1.54, 1.807) is 0 Å². The first kappa shape index (κ1) is 15.4. The third kappa shape index (κ3) is 13.4. The molecule has 0 aromatic heterocycles. The predicted molar refractivity (Wildman–Crippen MR) is 64.9 cm³/mol. The lowest BCUT2D eigenvalue weighted by molar-refractivity contribution is -0.259. The molecule has 0 saturated carbocycles. The molecule has 0 unspecified atom stereocenters. The van der Waals surface area contributed by atoms with Crippen LogP contribution in [0.15, 0.2) is 0 Å². The molecule has 0 aliphatic heterocycles. The number of hydrogen-bond donors (Lipinski definition) is 0. The smallest absolute Gasteiger partial charge is 0.302 e. The molecule has 0 aliphatic carbocycles. The van der Waals surface area contributed by atoms with Crippen molar-refractivity contribution >= 4 is 6.47 Å². The molecule has 16 heavy (non-hydrogen) atoms. The Morgan fingerprint density at radius 2 is 1.31 bits per heavy atom. The summed E-state index contributed by atoms with van der Waals surface area (Å²) in [5.74, 6) is 0. The van der Waals surface area contributed by atoms with E-state index < -0.39 is 0 Å². The van der Waals surface area contributed by atoms with Crippen molar-refractivity contribution in [1.82, 2.24) is 0 Å². The summed E-state index contributed by atoms with van der Waals surface area (Å²) in [7, 11) is 0. The fourth-order valence-electron chi connectivity index (χ4n) is 1.72. The van der Waals surface area contributed by atoms with E-state index >= 15 is 0 Å². The van der Waals surface area contributed by atoms with Crippen molar-refractivity contribution in [2.75, 3.05) is 6.61 Å². The van der Waals surface area contributed by atoms with Crippen LogP contribution in [0.5, 0.6) is 0 Å². The van der Waals surface area contributed by atoms with Gasteiger partial charge < -0.3 is 4.89 Å². The predicted octanol–water partition coefficient (Wildman–Crippen LogP) is 4.01. The summed E-state index contributed by atoms with van der Waals surface area (Å²) in [6.45, 7) is 3.09. The summed E-state index contributed by atoms with van der Waals surface area (Å²) in [6, 6.07) is 0. The van der Waals surface area contributed by atoms with Gasteiger partial charge in [-0.1, -0.05) is 64.7 Å². The summed E-state index contributed by atoms with van der Waals surface area (Å²) >= 11 is 0. The Balaban J connectivity index is 2.85. The molecule has 0 spiro atoms. The van der Waals surface area contributed by atoms with Gasteiger partial charge in [-0.2, -0.15) is 4.89 Å². The minimum atomic E-state index is 0.316. The van der Waals surface area contributed by atoms with Crippen LogP contribution in [0, 0.1) is 0 Å².